The van der Waals surface area contributed by atoms with Crippen molar-refractivity contribution in [2.45, 2.75) is 86.5 Å². The Morgan fingerprint density at radius 2 is 1.31 bits per heavy atom. The van der Waals surface area contributed by atoms with E-state index in [1.54, 1.807) is 0 Å². The second-order valence-electron chi connectivity index (χ2n) is 14.8. The van der Waals surface area contributed by atoms with E-state index in [0.29, 0.717) is 11.8 Å². The second-order valence-corrected chi connectivity index (χ2v) is 16.0. The van der Waals surface area contributed by atoms with Gasteiger partial charge in [0.25, 0.3) is 0 Å². The van der Waals surface area contributed by atoms with Gasteiger partial charge < -0.3 is 0 Å². The topological polar surface area (TPSA) is 0 Å². The van der Waals surface area contributed by atoms with Gasteiger partial charge in [0, 0.05) is 0 Å². The van der Waals surface area contributed by atoms with E-state index >= 15 is 0 Å². The average Bonchev–Trinajstić information content (AvgIpc) is 3.55. The Morgan fingerprint density at radius 1 is 0.756 bits per heavy atom. The van der Waals surface area contributed by atoms with Crippen LogP contribution in [-0.4, -0.2) is 3.21 Å². The molecule has 0 nitrogen and oxygen atoms in total. The van der Waals surface area contributed by atoms with E-state index in [2.05, 4.69) is 178 Å². The van der Waals surface area contributed by atoms with Crippen LogP contribution in [0.25, 0.3) is 11.1 Å². The summed E-state index contributed by atoms with van der Waals surface area (Å²) in [4.78, 5) is 0. The van der Waals surface area contributed by atoms with Crippen LogP contribution in [0.2, 0.25) is 0 Å². The molecule has 6 rings (SSSR count). The maximum atomic E-state index is 3.67. The minimum atomic E-state index is 0.167. The maximum absolute atomic E-state index is 3.67. The summed E-state index contributed by atoms with van der Waals surface area (Å²) in [6.07, 6.45) is 6.70. The molecule has 0 spiro atoms. The first-order valence-electron chi connectivity index (χ1n) is 16.4. The van der Waals surface area contributed by atoms with Crippen LogP contribution in [-0.2, 0) is 41.5 Å². The number of fused-ring (bicyclic) bond motifs is 3. The molecule has 2 aliphatic carbocycles. The Balaban J connectivity index is 0.000000166. The van der Waals surface area contributed by atoms with Gasteiger partial charge in [-0.25, -0.2) is 5.57 Å². The summed E-state index contributed by atoms with van der Waals surface area (Å²) < 4.78 is 1.42. The van der Waals surface area contributed by atoms with Crippen LogP contribution in [0.15, 0.2) is 108 Å². The summed E-state index contributed by atoms with van der Waals surface area (Å²) in [5.41, 5.74) is 14.2. The third-order valence-corrected chi connectivity index (χ3v) is 9.94. The second kappa shape index (κ2) is 14.7. The SMILES string of the molecule is CC(C)(C)c1[c-]c2c(cc1)-c1ccc(C(C)(C)C)cc1C2.CC1=[C-]C(C)C=C1C(C)C.[Zr+2]=[C](c1ccccc1)c1ccccc1. The number of rotatable bonds is 3. The third kappa shape index (κ3) is 9.11. The van der Waals surface area contributed by atoms with Gasteiger partial charge in [0.1, 0.15) is 0 Å². The normalized spacial score (nSPS) is 15.2. The molecule has 1 heteroatoms. The fraction of sp³-hybridized carbons (Fsp3) is 0.341. The molecule has 0 amide bonds. The van der Waals surface area contributed by atoms with Gasteiger partial charge in [0.15, 0.2) is 0 Å². The zero-order valence-corrected chi connectivity index (χ0v) is 31.6. The van der Waals surface area contributed by atoms with Crippen LogP contribution in [0.4, 0.5) is 0 Å². The Kier molecular flexibility index (Phi) is 11.4. The van der Waals surface area contributed by atoms with Gasteiger partial charge in [0.2, 0.25) is 0 Å². The van der Waals surface area contributed by atoms with Crippen molar-refractivity contribution >= 4 is 3.21 Å². The van der Waals surface area contributed by atoms with Gasteiger partial charge in [-0.1, -0.05) is 105 Å². The monoisotopic (exact) mass is 668 g/mol. The van der Waals surface area contributed by atoms with E-state index in [-0.39, 0.29) is 10.8 Å². The Hall–Kier alpha value is -2.89. The summed E-state index contributed by atoms with van der Waals surface area (Å²) in [6, 6.07) is 36.3. The third-order valence-electron chi connectivity index (χ3n) is 8.52. The van der Waals surface area contributed by atoms with Crippen molar-refractivity contribution in [3.63, 3.8) is 0 Å². The summed E-state index contributed by atoms with van der Waals surface area (Å²) >= 11 is 1.46. The summed E-state index contributed by atoms with van der Waals surface area (Å²) in [5.74, 6) is 1.20. The fourth-order valence-corrected chi connectivity index (χ4v) is 6.71. The van der Waals surface area contributed by atoms with Gasteiger partial charge in [0.05, 0.1) is 0 Å². The molecule has 2 aliphatic rings. The van der Waals surface area contributed by atoms with Crippen LogP contribution >= 0.6 is 0 Å². The van der Waals surface area contributed by atoms with E-state index in [9.17, 15) is 0 Å². The summed E-state index contributed by atoms with van der Waals surface area (Å²) in [7, 11) is 0. The number of allylic oxidation sites excluding steroid dienone is 4. The Bertz CT molecular complexity index is 1570. The van der Waals surface area contributed by atoms with Gasteiger partial charge in [-0.05, 0) is 28.4 Å². The number of benzene rings is 4. The molecule has 0 N–H and O–H groups in total. The van der Waals surface area contributed by atoms with Crippen molar-refractivity contribution in [2.75, 3.05) is 0 Å². The first kappa shape index (κ1) is 35.0. The molecule has 230 valence electrons. The van der Waals surface area contributed by atoms with Crippen molar-refractivity contribution < 1.29 is 24.2 Å². The molecule has 0 aromatic heterocycles. The molecule has 1 atom stereocenters. The zero-order chi connectivity index (χ0) is 32.9. The molecule has 45 heavy (non-hydrogen) atoms. The van der Waals surface area contributed by atoms with Crippen molar-refractivity contribution in [3.8, 4) is 11.1 Å². The van der Waals surface area contributed by atoms with Gasteiger partial charge in [-0.2, -0.15) is 35.4 Å². The van der Waals surface area contributed by atoms with E-state index in [0.717, 1.165) is 6.42 Å². The predicted octanol–water partition coefficient (Wildman–Crippen LogP) is 11.4. The quantitative estimate of drug-likeness (QED) is 0.168. The fourth-order valence-electron chi connectivity index (χ4n) is 5.89. The van der Waals surface area contributed by atoms with Crippen molar-refractivity contribution in [1.82, 2.24) is 0 Å². The molecule has 0 saturated heterocycles. The standard InChI is InChI=1S/C21H25.C13H10.C10H15.Zr/c1-20(2,3)16-7-9-18-14(12-16)11-15-13-17(21(4,5)6)8-10-19(15)18;1-3-7-12(8-4-1)11-13-9-5-2-6-10-13;1-7(2)10-6-8(3)5-9(10)4;/h7-10,12H,11H2,1-6H3;1-10H;6-8H,1-4H3;/q-1;;-1;+2. The first-order valence-corrected chi connectivity index (χ1v) is 17.6. The average molecular weight is 670 g/mol. The molecule has 0 saturated carbocycles. The summed E-state index contributed by atoms with van der Waals surface area (Å²) in [5, 5.41) is 0. The minimum absolute atomic E-state index is 0.167. The van der Waals surface area contributed by atoms with Crippen molar-refractivity contribution in [2.24, 2.45) is 11.8 Å². The predicted molar refractivity (Wildman–Crippen MR) is 192 cm³/mol. The molecule has 0 heterocycles. The van der Waals surface area contributed by atoms with Crippen LogP contribution < -0.4 is 0 Å². The first-order chi connectivity index (χ1) is 21.1. The van der Waals surface area contributed by atoms with Crippen LogP contribution in [0.3, 0.4) is 0 Å². The Morgan fingerprint density at radius 3 is 1.76 bits per heavy atom. The summed E-state index contributed by atoms with van der Waals surface area (Å²) in [6.45, 7) is 22.4. The molecule has 0 bridgehead atoms. The molecule has 4 aromatic rings. The van der Waals surface area contributed by atoms with E-state index in [1.807, 2.05) is 0 Å². The van der Waals surface area contributed by atoms with E-state index in [1.165, 1.54) is 83.1 Å². The molecular weight excluding hydrogens is 620 g/mol. The molecular formula is C44H50Zr. The molecule has 1 unspecified atom stereocenters. The van der Waals surface area contributed by atoms with Gasteiger partial charge in [-0.3, -0.25) is 6.08 Å². The van der Waals surface area contributed by atoms with Gasteiger partial charge in [-0.15, -0.1) is 11.1 Å². The molecule has 0 radical (unpaired) electrons. The van der Waals surface area contributed by atoms with Crippen molar-refractivity contribution in [3.05, 3.63) is 154 Å². The molecule has 0 aliphatic heterocycles. The Labute approximate surface area is 289 Å². The zero-order valence-electron chi connectivity index (χ0n) is 29.1. The van der Waals surface area contributed by atoms with E-state index in [4.69, 9.17) is 0 Å². The molecule has 4 aromatic carbocycles. The van der Waals surface area contributed by atoms with Crippen LogP contribution in [0.5, 0.6) is 0 Å². The van der Waals surface area contributed by atoms with Gasteiger partial charge >= 0.3 is 99.2 Å². The van der Waals surface area contributed by atoms with Crippen molar-refractivity contribution in [1.29, 1.82) is 0 Å². The van der Waals surface area contributed by atoms with Crippen LogP contribution in [0, 0.1) is 24.0 Å². The van der Waals surface area contributed by atoms with E-state index < -0.39 is 0 Å². The van der Waals surface area contributed by atoms with Crippen LogP contribution in [0.1, 0.15) is 103 Å². The molecule has 0 fully saturated rings. The number of hydrogen-bond donors (Lipinski definition) is 0. The number of hydrogen-bond acceptors (Lipinski definition) is 0.